The highest BCUT2D eigenvalue weighted by Gasteiger charge is 2.20. The number of anilines is 3. The third-order valence-electron chi connectivity index (χ3n) is 7.02. The SMILES string of the molecule is Cc1cc(N(c2ccccc2)c2ccccc2C)cc(-n2c3c(c4ccccc42)C=CCCC3)c1. The summed E-state index contributed by atoms with van der Waals surface area (Å²) in [5.74, 6) is 0. The van der Waals surface area contributed by atoms with E-state index in [1.54, 1.807) is 0 Å². The van der Waals surface area contributed by atoms with Gasteiger partial charge in [-0.2, -0.15) is 0 Å². The summed E-state index contributed by atoms with van der Waals surface area (Å²) in [5, 5.41) is 1.34. The summed E-state index contributed by atoms with van der Waals surface area (Å²) in [6, 6.07) is 35.1. The summed E-state index contributed by atoms with van der Waals surface area (Å²) < 4.78 is 2.50. The van der Waals surface area contributed by atoms with Crippen LogP contribution in [0, 0.1) is 13.8 Å². The van der Waals surface area contributed by atoms with E-state index >= 15 is 0 Å². The van der Waals surface area contributed by atoms with Crippen LogP contribution in [0.2, 0.25) is 0 Å². The molecular weight excluding hydrogens is 424 g/mol. The Morgan fingerprint density at radius 3 is 2.37 bits per heavy atom. The van der Waals surface area contributed by atoms with Crippen molar-refractivity contribution in [1.82, 2.24) is 4.57 Å². The molecule has 0 saturated heterocycles. The minimum absolute atomic E-state index is 1.08. The molecule has 1 aliphatic carbocycles. The molecule has 0 aliphatic heterocycles. The summed E-state index contributed by atoms with van der Waals surface area (Å²) in [6.45, 7) is 4.39. The van der Waals surface area contributed by atoms with Crippen LogP contribution in [0.15, 0.2) is 103 Å². The molecule has 0 N–H and O–H groups in total. The topological polar surface area (TPSA) is 8.17 Å². The molecule has 0 radical (unpaired) electrons. The molecule has 2 nitrogen and oxygen atoms in total. The van der Waals surface area contributed by atoms with Gasteiger partial charge in [0.15, 0.2) is 0 Å². The molecule has 4 aromatic carbocycles. The predicted octanol–water partition coefficient (Wildman–Crippen LogP) is 9.07. The number of hydrogen-bond donors (Lipinski definition) is 0. The monoisotopic (exact) mass is 454 g/mol. The molecule has 0 atom stereocenters. The van der Waals surface area contributed by atoms with Crippen LogP contribution in [0.1, 0.15) is 35.2 Å². The van der Waals surface area contributed by atoms with E-state index in [0.717, 1.165) is 18.5 Å². The van der Waals surface area contributed by atoms with Gasteiger partial charge in [-0.1, -0.05) is 66.7 Å². The molecule has 172 valence electrons. The predicted molar refractivity (Wildman–Crippen MR) is 149 cm³/mol. The molecule has 0 saturated carbocycles. The Bertz CT molecular complexity index is 1540. The number of para-hydroxylation sites is 3. The molecule has 0 bridgehead atoms. The minimum atomic E-state index is 1.08. The van der Waals surface area contributed by atoms with Crippen LogP contribution in [0.25, 0.3) is 22.7 Å². The third-order valence-corrected chi connectivity index (χ3v) is 7.02. The van der Waals surface area contributed by atoms with Crippen molar-refractivity contribution in [2.45, 2.75) is 33.1 Å². The van der Waals surface area contributed by atoms with Crippen molar-refractivity contribution in [3.8, 4) is 5.69 Å². The number of aromatic nitrogens is 1. The van der Waals surface area contributed by atoms with E-state index in [0.29, 0.717) is 0 Å². The lowest BCUT2D eigenvalue weighted by Crippen LogP contribution is -2.12. The van der Waals surface area contributed by atoms with Gasteiger partial charge in [-0.05, 0) is 86.7 Å². The second-order valence-corrected chi connectivity index (χ2v) is 9.49. The average molecular weight is 455 g/mol. The average Bonchev–Trinajstić information content (AvgIpc) is 3.00. The fourth-order valence-electron chi connectivity index (χ4n) is 5.45. The van der Waals surface area contributed by atoms with Crippen molar-refractivity contribution in [2.75, 3.05) is 4.90 Å². The van der Waals surface area contributed by atoms with E-state index in [2.05, 4.69) is 133 Å². The van der Waals surface area contributed by atoms with Crippen molar-refractivity contribution in [2.24, 2.45) is 0 Å². The van der Waals surface area contributed by atoms with Crippen LogP contribution in [-0.2, 0) is 6.42 Å². The summed E-state index contributed by atoms with van der Waals surface area (Å²) in [6.07, 6.45) is 8.07. The van der Waals surface area contributed by atoms with Crippen LogP contribution in [0.4, 0.5) is 17.1 Å². The standard InChI is InChI=1S/C33H30N2/c1-24-21-27(34(26-14-5-3-6-15-26)31-18-11-9-13-25(31)2)23-28(22-24)35-32-19-8-4-7-16-29(32)30-17-10-12-20-33(30)35/h3,5-7,9-18,20-23H,4,8,19H2,1-2H3. The normalized spacial score (nSPS) is 13.0. The molecule has 0 amide bonds. The van der Waals surface area contributed by atoms with E-state index in [1.807, 2.05) is 0 Å². The largest absolute Gasteiger partial charge is 0.313 e. The summed E-state index contributed by atoms with van der Waals surface area (Å²) in [7, 11) is 0. The number of hydrogen-bond acceptors (Lipinski definition) is 1. The second-order valence-electron chi connectivity index (χ2n) is 9.49. The fraction of sp³-hybridized carbons (Fsp3) is 0.152. The molecule has 1 heterocycles. The molecule has 0 unspecified atom stereocenters. The third kappa shape index (κ3) is 3.85. The number of nitrogens with zero attached hydrogens (tertiary/aromatic N) is 2. The van der Waals surface area contributed by atoms with Crippen LogP contribution in [0.3, 0.4) is 0 Å². The number of benzene rings is 4. The van der Waals surface area contributed by atoms with Crippen LogP contribution < -0.4 is 4.90 Å². The molecule has 6 rings (SSSR count). The molecule has 0 fully saturated rings. The van der Waals surface area contributed by atoms with Gasteiger partial charge in [0.2, 0.25) is 0 Å². The van der Waals surface area contributed by atoms with E-state index in [9.17, 15) is 0 Å². The quantitative estimate of drug-likeness (QED) is 0.263. The van der Waals surface area contributed by atoms with E-state index in [-0.39, 0.29) is 0 Å². The first-order valence-electron chi connectivity index (χ1n) is 12.5. The Balaban J connectivity index is 1.60. The first kappa shape index (κ1) is 21.5. The lowest BCUT2D eigenvalue weighted by Gasteiger charge is -2.28. The minimum Gasteiger partial charge on any atom is -0.313 e. The lowest BCUT2D eigenvalue weighted by atomic mass is 10.1. The van der Waals surface area contributed by atoms with Gasteiger partial charge in [0.1, 0.15) is 0 Å². The zero-order chi connectivity index (χ0) is 23.8. The van der Waals surface area contributed by atoms with Gasteiger partial charge in [-0.25, -0.2) is 0 Å². The Morgan fingerprint density at radius 1 is 0.743 bits per heavy atom. The van der Waals surface area contributed by atoms with Gasteiger partial charge in [0.05, 0.1) is 5.52 Å². The first-order chi connectivity index (χ1) is 17.2. The Hall–Kier alpha value is -4.04. The molecule has 1 aromatic heterocycles. The highest BCUT2D eigenvalue weighted by Crippen LogP contribution is 2.39. The number of rotatable bonds is 4. The van der Waals surface area contributed by atoms with Gasteiger partial charge in [0, 0.05) is 39.4 Å². The highest BCUT2D eigenvalue weighted by molar-refractivity contribution is 5.93. The Kier molecular flexibility index (Phi) is 5.50. The van der Waals surface area contributed by atoms with Gasteiger partial charge in [-0.15, -0.1) is 0 Å². The zero-order valence-corrected chi connectivity index (χ0v) is 20.4. The van der Waals surface area contributed by atoms with Crippen molar-refractivity contribution < 1.29 is 0 Å². The maximum Gasteiger partial charge on any atom is 0.0537 e. The summed E-state index contributed by atoms with van der Waals surface area (Å²) in [5.41, 5.74) is 11.3. The van der Waals surface area contributed by atoms with Gasteiger partial charge in [0.25, 0.3) is 0 Å². The molecule has 5 aromatic rings. The van der Waals surface area contributed by atoms with Crippen molar-refractivity contribution in [3.63, 3.8) is 0 Å². The van der Waals surface area contributed by atoms with E-state index in [4.69, 9.17) is 0 Å². The van der Waals surface area contributed by atoms with E-state index < -0.39 is 0 Å². The molecular formula is C33H30N2. The number of aryl methyl sites for hydroxylation is 2. The fourth-order valence-corrected chi connectivity index (χ4v) is 5.45. The van der Waals surface area contributed by atoms with Crippen molar-refractivity contribution in [3.05, 3.63) is 126 Å². The summed E-state index contributed by atoms with van der Waals surface area (Å²) >= 11 is 0. The second kappa shape index (κ2) is 8.96. The molecule has 1 aliphatic rings. The number of fused-ring (bicyclic) bond motifs is 3. The van der Waals surface area contributed by atoms with Crippen molar-refractivity contribution >= 4 is 34.0 Å². The molecule has 35 heavy (non-hydrogen) atoms. The van der Waals surface area contributed by atoms with Crippen LogP contribution >= 0.6 is 0 Å². The van der Waals surface area contributed by atoms with Crippen LogP contribution in [-0.4, -0.2) is 4.57 Å². The molecule has 2 heteroatoms. The van der Waals surface area contributed by atoms with Crippen LogP contribution in [0.5, 0.6) is 0 Å². The first-order valence-corrected chi connectivity index (χ1v) is 12.5. The smallest absolute Gasteiger partial charge is 0.0537 e. The number of allylic oxidation sites excluding steroid dienone is 1. The summed E-state index contributed by atoms with van der Waals surface area (Å²) in [4.78, 5) is 2.39. The van der Waals surface area contributed by atoms with Gasteiger partial charge in [-0.3, -0.25) is 0 Å². The highest BCUT2D eigenvalue weighted by atomic mass is 15.1. The zero-order valence-electron chi connectivity index (χ0n) is 20.4. The van der Waals surface area contributed by atoms with Gasteiger partial charge < -0.3 is 9.47 Å². The van der Waals surface area contributed by atoms with E-state index in [1.165, 1.54) is 56.8 Å². The maximum atomic E-state index is 2.50. The van der Waals surface area contributed by atoms with Crippen molar-refractivity contribution in [1.29, 1.82) is 0 Å². The maximum absolute atomic E-state index is 2.50. The Morgan fingerprint density at radius 2 is 1.51 bits per heavy atom. The lowest BCUT2D eigenvalue weighted by molar-refractivity contribution is 0.807. The van der Waals surface area contributed by atoms with Gasteiger partial charge >= 0.3 is 0 Å². The molecule has 0 spiro atoms. The Labute approximate surface area is 207 Å².